The first kappa shape index (κ1) is 18.9. The van der Waals surface area contributed by atoms with Crippen LogP contribution in [0.2, 0.25) is 0 Å². The number of benzene rings is 2. The molecule has 0 N–H and O–H groups in total. The standard InChI is InChI=1S/C23H24O4/c1-14-10-17(23(3,4)5)11-15(2)19(14)13-26-21(24)18-12-16-8-6-7-9-20(16)27-22(18)25/h6-12H,13H2,1-5H3. The van der Waals surface area contributed by atoms with E-state index in [9.17, 15) is 9.59 Å². The van der Waals surface area contributed by atoms with Gasteiger partial charge < -0.3 is 9.15 Å². The third kappa shape index (κ3) is 3.95. The van der Waals surface area contributed by atoms with E-state index in [4.69, 9.17) is 9.15 Å². The summed E-state index contributed by atoms with van der Waals surface area (Å²) in [5.74, 6) is -0.673. The average Bonchev–Trinajstić information content (AvgIpc) is 2.59. The monoisotopic (exact) mass is 364 g/mol. The van der Waals surface area contributed by atoms with Crippen molar-refractivity contribution in [2.45, 2.75) is 46.6 Å². The Morgan fingerprint density at radius 2 is 1.67 bits per heavy atom. The van der Waals surface area contributed by atoms with Crippen molar-refractivity contribution >= 4 is 16.9 Å². The maximum absolute atomic E-state index is 12.4. The molecule has 0 saturated carbocycles. The SMILES string of the molecule is Cc1cc(C(C)(C)C)cc(C)c1COC(=O)c1cc2ccccc2oc1=O. The molecule has 0 amide bonds. The first-order valence-electron chi connectivity index (χ1n) is 8.97. The minimum Gasteiger partial charge on any atom is -0.457 e. The first-order chi connectivity index (χ1) is 12.7. The van der Waals surface area contributed by atoms with Crippen molar-refractivity contribution < 1.29 is 13.9 Å². The third-order valence-electron chi connectivity index (χ3n) is 4.77. The number of hydrogen-bond donors (Lipinski definition) is 0. The van der Waals surface area contributed by atoms with Crippen LogP contribution in [0, 0.1) is 13.8 Å². The molecule has 0 aliphatic carbocycles. The summed E-state index contributed by atoms with van der Waals surface area (Å²) in [7, 11) is 0. The normalized spacial score (nSPS) is 11.6. The number of hydrogen-bond acceptors (Lipinski definition) is 4. The maximum Gasteiger partial charge on any atom is 0.351 e. The third-order valence-corrected chi connectivity index (χ3v) is 4.77. The molecule has 0 atom stereocenters. The fourth-order valence-corrected chi connectivity index (χ4v) is 3.07. The summed E-state index contributed by atoms with van der Waals surface area (Å²) in [4.78, 5) is 24.6. The van der Waals surface area contributed by atoms with Crippen LogP contribution in [0.1, 0.15) is 53.4 Å². The maximum atomic E-state index is 12.4. The summed E-state index contributed by atoms with van der Waals surface area (Å²) in [5, 5.41) is 0.686. The number of carbonyl (C=O) groups excluding carboxylic acids is 1. The number of rotatable bonds is 3. The van der Waals surface area contributed by atoms with E-state index in [-0.39, 0.29) is 17.6 Å². The van der Waals surface area contributed by atoms with Gasteiger partial charge in [0.2, 0.25) is 0 Å². The number of aryl methyl sites for hydroxylation is 2. The lowest BCUT2D eigenvalue weighted by Crippen LogP contribution is -2.17. The molecule has 0 aliphatic rings. The van der Waals surface area contributed by atoms with Gasteiger partial charge in [-0.05, 0) is 53.6 Å². The minimum atomic E-state index is -0.685. The van der Waals surface area contributed by atoms with Crippen LogP contribution in [-0.4, -0.2) is 5.97 Å². The highest BCUT2D eigenvalue weighted by Gasteiger charge is 2.19. The van der Waals surface area contributed by atoms with Crippen molar-refractivity contribution in [3.63, 3.8) is 0 Å². The van der Waals surface area contributed by atoms with Gasteiger partial charge in [-0.3, -0.25) is 0 Å². The highest BCUT2D eigenvalue weighted by atomic mass is 16.5. The molecular weight excluding hydrogens is 340 g/mol. The van der Waals surface area contributed by atoms with Crippen LogP contribution in [-0.2, 0) is 16.8 Å². The number of esters is 1. The van der Waals surface area contributed by atoms with Gasteiger partial charge in [-0.2, -0.15) is 0 Å². The van der Waals surface area contributed by atoms with E-state index >= 15 is 0 Å². The van der Waals surface area contributed by atoms with Crippen LogP contribution in [0.25, 0.3) is 11.0 Å². The molecule has 0 unspecified atom stereocenters. The molecule has 0 saturated heterocycles. The molecule has 27 heavy (non-hydrogen) atoms. The average molecular weight is 364 g/mol. The van der Waals surface area contributed by atoms with E-state index in [1.54, 1.807) is 18.2 Å². The van der Waals surface area contributed by atoms with Crippen molar-refractivity contribution in [3.05, 3.63) is 80.7 Å². The van der Waals surface area contributed by atoms with E-state index < -0.39 is 11.6 Å². The Morgan fingerprint density at radius 3 is 2.30 bits per heavy atom. The van der Waals surface area contributed by atoms with Gasteiger partial charge in [0.25, 0.3) is 0 Å². The molecular formula is C23H24O4. The largest absolute Gasteiger partial charge is 0.457 e. The molecule has 0 radical (unpaired) electrons. The van der Waals surface area contributed by atoms with Gasteiger partial charge in [-0.1, -0.05) is 51.1 Å². The minimum absolute atomic E-state index is 0.0504. The summed E-state index contributed by atoms with van der Waals surface area (Å²) in [5.41, 5.74) is 4.06. The van der Waals surface area contributed by atoms with Gasteiger partial charge in [-0.25, -0.2) is 9.59 Å². The summed E-state index contributed by atoms with van der Waals surface area (Å²) < 4.78 is 10.6. The molecule has 1 heterocycles. The lowest BCUT2D eigenvalue weighted by atomic mass is 9.84. The molecule has 0 bridgehead atoms. The van der Waals surface area contributed by atoms with Crippen molar-refractivity contribution in [1.82, 2.24) is 0 Å². The summed E-state index contributed by atoms with van der Waals surface area (Å²) in [6, 6.07) is 12.8. The first-order valence-corrected chi connectivity index (χ1v) is 8.97. The number of fused-ring (bicyclic) bond motifs is 1. The van der Waals surface area contributed by atoms with Crippen LogP contribution in [0.5, 0.6) is 0 Å². The molecule has 140 valence electrons. The van der Waals surface area contributed by atoms with Crippen LogP contribution >= 0.6 is 0 Å². The predicted octanol–water partition coefficient (Wildman–Crippen LogP) is 5.06. The lowest BCUT2D eigenvalue weighted by Gasteiger charge is -2.22. The van der Waals surface area contributed by atoms with Gasteiger partial charge in [0.1, 0.15) is 17.8 Å². The highest BCUT2D eigenvalue weighted by Crippen LogP contribution is 2.27. The quantitative estimate of drug-likeness (QED) is 0.481. The van der Waals surface area contributed by atoms with Gasteiger partial charge in [0, 0.05) is 5.39 Å². The second kappa shape index (κ2) is 7.03. The fraction of sp³-hybridized carbons (Fsp3) is 0.304. The highest BCUT2D eigenvalue weighted by molar-refractivity contribution is 5.92. The van der Waals surface area contributed by atoms with Gasteiger partial charge >= 0.3 is 11.6 Å². The molecule has 2 aromatic carbocycles. The van der Waals surface area contributed by atoms with Crippen LogP contribution in [0.4, 0.5) is 0 Å². The molecule has 0 aliphatic heterocycles. The Balaban J connectivity index is 1.84. The Kier molecular flexibility index (Phi) is 4.92. The Labute approximate surface area is 158 Å². The van der Waals surface area contributed by atoms with Crippen LogP contribution in [0.3, 0.4) is 0 Å². The van der Waals surface area contributed by atoms with Crippen molar-refractivity contribution in [2.24, 2.45) is 0 Å². The van der Waals surface area contributed by atoms with Gasteiger partial charge in [-0.15, -0.1) is 0 Å². The second-order valence-corrected chi connectivity index (χ2v) is 7.90. The molecule has 3 aromatic rings. The van der Waals surface area contributed by atoms with E-state index in [1.165, 1.54) is 11.6 Å². The van der Waals surface area contributed by atoms with Crippen LogP contribution < -0.4 is 5.63 Å². The van der Waals surface area contributed by atoms with Crippen LogP contribution in [0.15, 0.2) is 51.7 Å². The Morgan fingerprint density at radius 1 is 1.04 bits per heavy atom. The van der Waals surface area contributed by atoms with E-state index in [0.717, 1.165) is 16.7 Å². The zero-order valence-corrected chi connectivity index (χ0v) is 16.4. The summed E-state index contributed by atoms with van der Waals surface area (Å²) >= 11 is 0. The van der Waals surface area contributed by atoms with E-state index in [0.29, 0.717) is 11.0 Å². The summed E-state index contributed by atoms with van der Waals surface area (Å²) in [6.45, 7) is 10.6. The second-order valence-electron chi connectivity index (χ2n) is 7.90. The van der Waals surface area contributed by atoms with Gasteiger partial charge in [0.05, 0.1) is 0 Å². The Bertz CT molecular complexity index is 1040. The van der Waals surface area contributed by atoms with Crippen molar-refractivity contribution in [3.8, 4) is 0 Å². The smallest absolute Gasteiger partial charge is 0.351 e. The fourth-order valence-electron chi connectivity index (χ4n) is 3.07. The zero-order chi connectivity index (χ0) is 19.8. The lowest BCUT2D eigenvalue weighted by molar-refractivity contribution is 0.0467. The molecule has 0 spiro atoms. The molecule has 3 rings (SSSR count). The molecule has 4 nitrogen and oxygen atoms in total. The summed E-state index contributed by atoms with van der Waals surface area (Å²) in [6.07, 6.45) is 0. The zero-order valence-electron chi connectivity index (χ0n) is 16.4. The molecule has 4 heteroatoms. The Hall–Kier alpha value is -2.88. The number of ether oxygens (including phenoxy) is 1. The predicted molar refractivity (Wildman–Crippen MR) is 106 cm³/mol. The number of para-hydroxylation sites is 1. The van der Waals surface area contributed by atoms with Crippen molar-refractivity contribution in [2.75, 3.05) is 0 Å². The molecule has 0 fully saturated rings. The topological polar surface area (TPSA) is 56.5 Å². The van der Waals surface area contributed by atoms with Gasteiger partial charge in [0.15, 0.2) is 0 Å². The molecule has 1 aromatic heterocycles. The van der Waals surface area contributed by atoms with Crippen molar-refractivity contribution in [1.29, 1.82) is 0 Å². The number of carbonyl (C=O) groups is 1. The van der Waals surface area contributed by atoms with E-state index in [1.807, 2.05) is 19.9 Å². The van der Waals surface area contributed by atoms with E-state index in [2.05, 4.69) is 32.9 Å².